The second-order valence-electron chi connectivity index (χ2n) is 9.62. The third-order valence-electron chi connectivity index (χ3n) is 7.05. The second-order valence-corrected chi connectivity index (χ2v) is 15.1. The number of hydrogen-bond acceptors (Lipinski definition) is 4. The molecule has 3 aliphatic rings. The van der Waals surface area contributed by atoms with Crippen LogP contribution in [0.5, 0.6) is 0 Å². The molecule has 1 unspecified atom stereocenters. The van der Waals surface area contributed by atoms with E-state index in [1.807, 2.05) is 18.7 Å². The number of nitrogens with zero attached hydrogens (tertiary/aromatic N) is 2. The number of hydrogen-bond donors (Lipinski definition) is 1. The zero-order valence-electron chi connectivity index (χ0n) is 17.7. The molecule has 3 rings (SSSR count). The number of carbonyl (C=O) groups is 2. The van der Waals surface area contributed by atoms with Crippen LogP contribution < -0.4 is 5.32 Å². The number of aliphatic imine (C=N–C) groups is 1. The van der Waals surface area contributed by atoms with E-state index >= 15 is 0 Å². The normalized spacial score (nSPS) is 24.3. The van der Waals surface area contributed by atoms with Crippen LogP contribution in [0.1, 0.15) is 40.0 Å². The fourth-order valence-corrected chi connectivity index (χ4v) is 7.20. The van der Waals surface area contributed by atoms with E-state index in [2.05, 4.69) is 30.0 Å². The summed E-state index contributed by atoms with van der Waals surface area (Å²) in [7, 11) is -0.0865. The van der Waals surface area contributed by atoms with Crippen molar-refractivity contribution >= 4 is 25.7 Å². The third-order valence-corrected chi connectivity index (χ3v) is 10.7. The lowest BCUT2D eigenvalue weighted by Crippen LogP contribution is -2.55. The van der Waals surface area contributed by atoms with E-state index < -0.39 is 19.7 Å². The van der Waals surface area contributed by atoms with E-state index in [0.29, 0.717) is 18.9 Å². The molecule has 1 N–H and O–H groups in total. The van der Waals surface area contributed by atoms with Gasteiger partial charge in [-0.2, -0.15) is 0 Å². The fourth-order valence-electron chi connectivity index (χ4n) is 4.61. The Kier molecular flexibility index (Phi) is 4.92. The van der Waals surface area contributed by atoms with Crippen LogP contribution in [0.4, 0.5) is 0 Å². The molecule has 1 fully saturated rings. The molecule has 150 valence electrons. The summed E-state index contributed by atoms with van der Waals surface area (Å²) in [6, 6.07) is 0. The predicted molar refractivity (Wildman–Crippen MR) is 110 cm³/mol. The van der Waals surface area contributed by atoms with Gasteiger partial charge in [-0.1, -0.05) is 26.1 Å². The van der Waals surface area contributed by atoms with Crippen molar-refractivity contribution in [1.29, 1.82) is 0 Å². The molecule has 2 heterocycles. The van der Waals surface area contributed by atoms with Crippen molar-refractivity contribution in [2.24, 2.45) is 4.99 Å². The molecule has 0 aromatic rings. The Balaban J connectivity index is 1.79. The molecule has 27 heavy (non-hydrogen) atoms. The van der Waals surface area contributed by atoms with E-state index in [0.717, 1.165) is 30.4 Å². The Morgan fingerprint density at radius 3 is 2.37 bits per heavy atom. The summed E-state index contributed by atoms with van der Waals surface area (Å²) in [5.74, 6) is 0.779. The number of nitrogens with one attached hydrogen (secondary N) is 1. The molecule has 1 atom stereocenters. The van der Waals surface area contributed by atoms with Gasteiger partial charge in [-0.25, -0.2) is 0 Å². The minimum absolute atomic E-state index is 0.0276. The Hall–Kier alpha value is -1.47. The van der Waals surface area contributed by atoms with Crippen LogP contribution >= 0.6 is 0 Å². The zero-order valence-corrected chi connectivity index (χ0v) is 18.7. The molecule has 0 bridgehead atoms. The standard InChI is InChI=1S/C20H33N3O3Si/c1-13(26-4)17(24)23-12-14-15(19(23,2)3)11-21-16(14)22-18(25)20(9-8-10-20)27(5,6)7/h13H,8-12H2,1-7H3,(H,21,22,25). The van der Waals surface area contributed by atoms with E-state index in [1.54, 1.807) is 14.0 Å². The number of amides is 2. The molecule has 2 aliphatic heterocycles. The van der Waals surface area contributed by atoms with Gasteiger partial charge in [-0.05, 0) is 39.2 Å². The number of rotatable bonds is 4. The molecule has 0 saturated heterocycles. The van der Waals surface area contributed by atoms with E-state index in [4.69, 9.17) is 4.74 Å². The zero-order chi connectivity index (χ0) is 20.2. The van der Waals surface area contributed by atoms with Crippen LogP contribution in [0.2, 0.25) is 24.7 Å². The minimum atomic E-state index is -1.64. The molecular weight excluding hydrogens is 358 g/mol. The van der Waals surface area contributed by atoms with Crippen LogP contribution in [0.25, 0.3) is 0 Å². The van der Waals surface area contributed by atoms with E-state index in [1.165, 1.54) is 0 Å². The van der Waals surface area contributed by atoms with Gasteiger partial charge in [0.1, 0.15) is 11.9 Å². The smallest absolute Gasteiger partial charge is 0.252 e. The summed E-state index contributed by atoms with van der Waals surface area (Å²) >= 11 is 0. The first-order valence-electron chi connectivity index (χ1n) is 9.89. The second kappa shape index (κ2) is 6.55. The number of amidine groups is 1. The molecular formula is C20H33N3O3Si. The van der Waals surface area contributed by atoms with Crippen molar-refractivity contribution in [2.45, 2.75) is 76.4 Å². The van der Waals surface area contributed by atoms with Crippen LogP contribution in [0.15, 0.2) is 16.1 Å². The monoisotopic (exact) mass is 391 g/mol. The topological polar surface area (TPSA) is 71.0 Å². The van der Waals surface area contributed by atoms with Crippen molar-refractivity contribution < 1.29 is 14.3 Å². The summed E-state index contributed by atoms with van der Waals surface area (Å²) in [5.41, 5.74) is 1.72. The first-order valence-corrected chi connectivity index (χ1v) is 13.4. The SMILES string of the molecule is COC(C)C(=O)N1CC2=C(CN=C2NC(=O)C2([Si](C)(C)C)CCC2)C1(C)C. The van der Waals surface area contributed by atoms with Crippen molar-refractivity contribution in [1.82, 2.24) is 10.2 Å². The van der Waals surface area contributed by atoms with Crippen LogP contribution in [0, 0.1) is 0 Å². The highest BCUT2D eigenvalue weighted by Crippen LogP contribution is 2.55. The van der Waals surface area contributed by atoms with E-state index in [9.17, 15) is 9.59 Å². The maximum atomic E-state index is 13.2. The van der Waals surface area contributed by atoms with Gasteiger partial charge >= 0.3 is 0 Å². The highest BCUT2D eigenvalue weighted by molar-refractivity contribution is 6.82. The maximum Gasteiger partial charge on any atom is 0.252 e. The molecule has 0 spiro atoms. The minimum Gasteiger partial charge on any atom is -0.372 e. The van der Waals surface area contributed by atoms with Gasteiger partial charge in [0.25, 0.3) is 5.91 Å². The van der Waals surface area contributed by atoms with Crippen LogP contribution in [-0.4, -0.2) is 62.5 Å². The molecule has 0 aromatic heterocycles. The van der Waals surface area contributed by atoms with Crippen molar-refractivity contribution in [2.75, 3.05) is 20.2 Å². The lowest BCUT2D eigenvalue weighted by Gasteiger charge is -2.49. The summed E-state index contributed by atoms with van der Waals surface area (Å²) < 4.78 is 5.23. The average Bonchev–Trinajstić information content (AvgIpc) is 3.02. The van der Waals surface area contributed by atoms with Gasteiger partial charge in [0.05, 0.1) is 26.7 Å². The van der Waals surface area contributed by atoms with Gasteiger partial charge in [0, 0.05) is 17.7 Å². The summed E-state index contributed by atoms with van der Waals surface area (Å²) in [6.07, 6.45) is 2.61. The Morgan fingerprint density at radius 1 is 1.26 bits per heavy atom. The summed E-state index contributed by atoms with van der Waals surface area (Å²) in [6.45, 7) is 13.7. The molecule has 7 heteroatoms. The summed E-state index contributed by atoms with van der Waals surface area (Å²) in [4.78, 5) is 32.4. The molecule has 6 nitrogen and oxygen atoms in total. The highest BCUT2D eigenvalue weighted by atomic mass is 28.3. The van der Waals surface area contributed by atoms with Gasteiger partial charge in [0.2, 0.25) is 5.91 Å². The largest absolute Gasteiger partial charge is 0.372 e. The Bertz CT molecular complexity index is 729. The number of ether oxygens (including phenoxy) is 1. The van der Waals surface area contributed by atoms with Crippen molar-refractivity contribution in [3.8, 4) is 0 Å². The maximum absolute atomic E-state index is 13.2. The number of methoxy groups -OCH3 is 1. The lowest BCUT2D eigenvalue weighted by atomic mass is 9.83. The quantitative estimate of drug-likeness (QED) is 0.749. The fraction of sp³-hybridized carbons (Fsp3) is 0.750. The molecule has 2 amide bonds. The van der Waals surface area contributed by atoms with Gasteiger partial charge in [0.15, 0.2) is 0 Å². The first kappa shape index (κ1) is 20.3. The summed E-state index contributed by atoms with van der Waals surface area (Å²) in [5, 5.41) is 2.97. The van der Waals surface area contributed by atoms with Crippen LogP contribution in [0.3, 0.4) is 0 Å². The van der Waals surface area contributed by atoms with Crippen molar-refractivity contribution in [3.05, 3.63) is 11.1 Å². The Morgan fingerprint density at radius 2 is 1.89 bits per heavy atom. The van der Waals surface area contributed by atoms with Crippen LogP contribution in [-0.2, 0) is 14.3 Å². The third kappa shape index (κ3) is 2.99. The lowest BCUT2D eigenvalue weighted by molar-refractivity contribution is -0.143. The molecule has 0 aromatic carbocycles. The first-order chi connectivity index (χ1) is 12.5. The van der Waals surface area contributed by atoms with E-state index in [-0.39, 0.29) is 16.9 Å². The van der Waals surface area contributed by atoms with Gasteiger partial charge < -0.3 is 15.0 Å². The molecule has 0 radical (unpaired) electrons. The molecule has 1 saturated carbocycles. The Labute approximate surface area is 163 Å². The molecule has 1 aliphatic carbocycles. The van der Waals surface area contributed by atoms with Gasteiger partial charge in [-0.3, -0.25) is 14.6 Å². The highest BCUT2D eigenvalue weighted by Gasteiger charge is 2.54. The average molecular weight is 392 g/mol. The number of carbonyl (C=O) groups excluding carboxylic acids is 2. The predicted octanol–water partition coefficient (Wildman–Crippen LogP) is 2.73. The van der Waals surface area contributed by atoms with Crippen molar-refractivity contribution in [3.63, 3.8) is 0 Å². The van der Waals surface area contributed by atoms with Gasteiger partial charge in [-0.15, -0.1) is 0 Å².